The minimum absolute atomic E-state index is 0. The Kier molecular flexibility index (Phi) is 6.88. The molecule has 0 saturated heterocycles. The molecule has 0 bridgehead atoms. The predicted octanol–water partition coefficient (Wildman–Crippen LogP) is 2.47. The molecule has 1 rings (SSSR count). The van der Waals surface area contributed by atoms with Gasteiger partial charge in [-0.1, -0.05) is 12.1 Å². The maximum atomic E-state index is 13.1. The van der Waals surface area contributed by atoms with Crippen molar-refractivity contribution in [2.24, 2.45) is 5.73 Å². The van der Waals surface area contributed by atoms with Crippen molar-refractivity contribution < 1.29 is 9.18 Å². The fourth-order valence-corrected chi connectivity index (χ4v) is 1.61. The molecule has 18 heavy (non-hydrogen) atoms. The zero-order valence-corrected chi connectivity index (χ0v) is 11.7. The second-order valence-corrected chi connectivity index (χ2v) is 4.48. The van der Waals surface area contributed by atoms with Crippen molar-refractivity contribution in [1.29, 1.82) is 0 Å². The molecule has 0 aliphatic rings. The molecule has 0 spiro atoms. The van der Waals surface area contributed by atoms with Gasteiger partial charge in [0.1, 0.15) is 5.82 Å². The molecule has 1 aromatic carbocycles. The first kappa shape index (κ1) is 16.9. The maximum Gasteiger partial charge on any atom is 0.222 e. The summed E-state index contributed by atoms with van der Waals surface area (Å²) in [4.78, 5) is 11.5. The second-order valence-electron chi connectivity index (χ2n) is 4.48. The molecular weight excluding hydrogens is 255 g/mol. The van der Waals surface area contributed by atoms with Gasteiger partial charge in [-0.05, 0) is 38.0 Å². The summed E-state index contributed by atoms with van der Waals surface area (Å²) in [5.41, 5.74) is 7.01. The first-order valence-electron chi connectivity index (χ1n) is 5.71. The van der Waals surface area contributed by atoms with Crippen LogP contribution in [0.25, 0.3) is 0 Å². The van der Waals surface area contributed by atoms with Crippen LogP contribution >= 0.6 is 12.4 Å². The number of benzene rings is 1. The summed E-state index contributed by atoms with van der Waals surface area (Å²) < 4.78 is 13.1. The van der Waals surface area contributed by atoms with Crippen LogP contribution in [-0.4, -0.2) is 11.9 Å². The Morgan fingerprint density at radius 1 is 1.44 bits per heavy atom. The number of halogens is 2. The van der Waals surface area contributed by atoms with Gasteiger partial charge in [-0.25, -0.2) is 4.39 Å². The highest BCUT2D eigenvalue weighted by Gasteiger charge is 2.11. The topological polar surface area (TPSA) is 55.1 Å². The number of amides is 1. The van der Waals surface area contributed by atoms with Crippen LogP contribution in [0.1, 0.15) is 37.4 Å². The third kappa shape index (κ3) is 5.02. The molecule has 3 nitrogen and oxygen atoms in total. The Morgan fingerprint density at radius 2 is 2.06 bits per heavy atom. The quantitative estimate of drug-likeness (QED) is 0.886. The Hall–Kier alpha value is -1.13. The lowest BCUT2D eigenvalue weighted by molar-refractivity contribution is -0.122. The van der Waals surface area contributed by atoms with Crippen LogP contribution in [0, 0.1) is 12.7 Å². The molecule has 102 valence electrons. The van der Waals surface area contributed by atoms with E-state index in [1.165, 1.54) is 6.07 Å². The molecule has 0 aliphatic heterocycles. The average molecular weight is 275 g/mol. The number of aryl methyl sites for hydroxylation is 1. The van der Waals surface area contributed by atoms with E-state index in [2.05, 4.69) is 5.32 Å². The molecule has 5 heteroatoms. The fraction of sp³-hybridized carbons (Fsp3) is 0.462. The van der Waals surface area contributed by atoms with Crippen molar-refractivity contribution >= 4 is 18.3 Å². The van der Waals surface area contributed by atoms with Gasteiger partial charge in [0, 0.05) is 12.5 Å². The minimum atomic E-state index is -0.233. The van der Waals surface area contributed by atoms with Crippen molar-refractivity contribution in [3.8, 4) is 0 Å². The first-order chi connectivity index (χ1) is 7.90. The van der Waals surface area contributed by atoms with E-state index in [0.29, 0.717) is 12.0 Å². The standard InChI is InChI=1S/C13H19FN2O.ClH/c1-8-6-11(4-5-12(8)14)10(3)16-13(17)7-9(2)15;/h4-6,9-10H,7,15H2,1-3H3,(H,16,17);1H. The van der Waals surface area contributed by atoms with E-state index in [1.807, 2.05) is 6.92 Å². The van der Waals surface area contributed by atoms with Gasteiger partial charge < -0.3 is 11.1 Å². The summed E-state index contributed by atoms with van der Waals surface area (Å²) >= 11 is 0. The number of carbonyl (C=O) groups is 1. The van der Waals surface area contributed by atoms with E-state index in [4.69, 9.17) is 5.73 Å². The Bertz CT molecular complexity index is 410. The summed E-state index contributed by atoms with van der Waals surface area (Å²) in [6.07, 6.45) is 0.296. The maximum absolute atomic E-state index is 13.1. The molecule has 0 radical (unpaired) electrons. The minimum Gasteiger partial charge on any atom is -0.350 e. The monoisotopic (exact) mass is 274 g/mol. The number of hydrogen-bond donors (Lipinski definition) is 2. The smallest absolute Gasteiger partial charge is 0.222 e. The van der Waals surface area contributed by atoms with Crippen molar-refractivity contribution in [1.82, 2.24) is 5.32 Å². The van der Waals surface area contributed by atoms with E-state index in [0.717, 1.165) is 5.56 Å². The highest BCUT2D eigenvalue weighted by atomic mass is 35.5. The third-order valence-corrected chi connectivity index (χ3v) is 2.57. The van der Waals surface area contributed by atoms with E-state index in [1.54, 1.807) is 26.0 Å². The van der Waals surface area contributed by atoms with Crippen LogP contribution in [0.3, 0.4) is 0 Å². The van der Waals surface area contributed by atoms with Crippen LogP contribution in [0.5, 0.6) is 0 Å². The molecule has 1 amide bonds. The lowest BCUT2D eigenvalue weighted by Crippen LogP contribution is -2.31. The summed E-state index contributed by atoms with van der Waals surface area (Å²) in [5.74, 6) is -0.322. The lowest BCUT2D eigenvalue weighted by Gasteiger charge is -2.16. The van der Waals surface area contributed by atoms with Gasteiger partial charge in [0.05, 0.1) is 6.04 Å². The summed E-state index contributed by atoms with van der Waals surface area (Å²) in [5, 5.41) is 2.83. The van der Waals surface area contributed by atoms with Crippen LogP contribution in [-0.2, 0) is 4.79 Å². The van der Waals surface area contributed by atoms with Gasteiger partial charge in [-0.2, -0.15) is 0 Å². The highest BCUT2D eigenvalue weighted by Crippen LogP contribution is 2.16. The van der Waals surface area contributed by atoms with E-state index in [-0.39, 0.29) is 36.2 Å². The van der Waals surface area contributed by atoms with Crippen molar-refractivity contribution in [3.63, 3.8) is 0 Å². The molecule has 0 aromatic heterocycles. The van der Waals surface area contributed by atoms with Gasteiger partial charge in [0.25, 0.3) is 0 Å². The molecule has 0 aliphatic carbocycles. The lowest BCUT2D eigenvalue weighted by atomic mass is 10.0. The molecule has 2 unspecified atom stereocenters. The SMILES string of the molecule is Cc1cc(C(C)NC(=O)CC(C)N)ccc1F.Cl. The Labute approximate surface area is 113 Å². The van der Waals surface area contributed by atoms with E-state index in [9.17, 15) is 9.18 Å². The molecular formula is C13H20ClFN2O. The number of rotatable bonds is 4. The molecule has 0 heterocycles. The van der Waals surface area contributed by atoms with E-state index >= 15 is 0 Å². The van der Waals surface area contributed by atoms with Gasteiger partial charge in [-0.15, -0.1) is 12.4 Å². The fourth-order valence-electron chi connectivity index (χ4n) is 1.61. The van der Waals surface area contributed by atoms with Crippen molar-refractivity contribution in [2.75, 3.05) is 0 Å². The third-order valence-electron chi connectivity index (χ3n) is 2.57. The normalized spacial score (nSPS) is 13.4. The largest absolute Gasteiger partial charge is 0.350 e. The molecule has 1 aromatic rings. The summed E-state index contributed by atoms with van der Waals surface area (Å²) in [6, 6.07) is 4.54. The average Bonchev–Trinajstić information content (AvgIpc) is 2.20. The van der Waals surface area contributed by atoms with Gasteiger partial charge in [0.15, 0.2) is 0 Å². The summed E-state index contributed by atoms with van der Waals surface area (Å²) in [7, 11) is 0. The molecule has 3 N–H and O–H groups in total. The zero-order valence-electron chi connectivity index (χ0n) is 10.9. The van der Waals surface area contributed by atoms with Crippen LogP contribution in [0.4, 0.5) is 4.39 Å². The van der Waals surface area contributed by atoms with Gasteiger partial charge in [0.2, 0.25) is 5.91 Å². The number of hydrogen-bond acceptors (Lipinski definition) is 2. The van der Waals surface area contributed by atoms with Gasteiger partial charge >= 0.3 is 0 Å². The second kappa shape index (κ2) is 7.34. The number of nitrogens with one attached hydrogen (secondary N) is 1. The molecule has 0 fully saturated rings. The number of carbonyl (C=O) groups excluding carboxylic acids is 1. The van der Waals surface area contributed by atoms with Gasteiger partial charge in [-0.3, -0.25) is 4.79 Å². The zero-order chi connectivity index (χ0) is 13.0. The predicted molar refractivity (Wildman–Crippen MR) is 73.2 cm³/mol. The van der Waals surface area contributed by atoms with Crippen LogP contribution in [0.2, 0.25) is 0 Å². The van der Waals surface area contributed by atoms with E-state index < -0.39 is 0 Å². The Balaban J connectivity index is 0.00000289. The van der Waals surface area contributed by atoms with Crippen LogP contribution in [0.15, 0.2) is 18.2 Å². The highest BCUT2D eigenvalue weighted by molar-refractivity contribution is 5.85. The molecule has 0 saturated carbocycles. The summed E-state index contributed by atoms with van der Waals surface area (Å²) in [6.45, 7) is 5.35. The molecule has 2 atom stereocenters. The first-order valence-corrected chi connectivity index (χ1v) is 5.71. The van der Waals surface area contributed by atoms with Crippen molar-refractivity contribution in [2.45, 2.75) is 39.3 Å². The Morgan fingerprint density at radius 3 is 2.56 bits per heavy atom. The number of nitrogens with two attached hydrogens (primary N) is 1. The van der Waals surface area contributed by atoms with Crippen molar-refractivity contribution in [3.05, 3.63) is 35.1 Å². The van der Waals surface area contributed by atoms with Crippen LogP contribution < -0.4 is 11.1 Å².